The number of aromatic nitrogens is 2. The zero-order valence-corrected chi connectivity index (χ0v) is 20.0. The van der Waals surface area contributed by atoms with Gasteiger partial charge in [0.1, 0.15) is 30.6 Å². The number of nitrogens with one attached hydrogen (secondary N) is 1. The molecule has 200 valence electrons. The first-order chi connectivity index (χ1) is 16.1. The lowest BCUT2D eigenvalue weighted by Crippen LogP contribution is -2.57. The Morgan fingerprint density at radius 2 is 1.77 bits per heavy atom. The number of phosphoric acid groups is 2. The zero-order chi connectivity index (χ0) is 26.3. The Morgan fingerprint density at radius 1 is 1.11 bits per heavy atom. The van der Waals surface area contributed by atoms with Gasteiger partial charge in [-0.2, -0.15) is 0 Å². The van der Waals surface area contributed by atoms with Crippen molar-refractivity contribution < 1.29 is 62.2 Å². The fourth-order valence-corrected chi connectivity index (χ4v) is 5.47. The molecule has 5 N–H and O–H groups in total. The van der Waals surface area contributed by atoms with Crippen LogP contribution in [0.5, 0.6) is 0 Å². The molecule has 0 aromatic carbocycles. The largest absolute Gasteiger partial charge is 0.756 e. The summed E-state index contributed by atoms with van der Waals surface area (Å²) in [6.45, 7) is 1.74. The van der Waals surface area contributed by atoms with Crippen LogP contribution in [0.1, 0.15) is 25.1 Å². The highest BCUT2D eigenvalue weighted by Gasteiger charge is 2.44. The number of ether oxygens (including phenoxy) is 2. The molecule has 35 heavy (non-hydrogen) atoms. The van der Waals surface area contributed by atoms with E-state index in [0.29, 0.717) is 0 Å². The van der Waals surface area contributed by atoms with Gasteiger partial charge in [-0.3, -0.25) is 28.0 Å². The number of hydrogen-bond acceptors (Lipinski definition) is 15. The van der Waals surface area contributed by atoms with Crippen molar-refractivity contribution in [1.29, 1.82) is 0 Å². The van der Waals surface area contributed by atoms with Crippen LogP contribution in [0.3, 0.4) is 0 Å². The van der Waals surface area contributed by atoms with E-state index in [1.807, 2.05) is 4.98 Å². The summed E-state index contributed by atoms with van der Waals surface area (Å²) in [5.74, 6) is 0. The van der Waals surface area contributed by atoms with E-state index in [4.69, 9.17) is 9.47 Å². The van der Waals surface area contributed by atoms with E-state index in [-0.39, 0.29) is 12.0 Å². The number of aryl methyl sites for hydroxylation is 1. The van der Waals surface area contributed by atoms with Gasteiger partial charge >= 0.3 is 5.69 Å². The average molecular weight is 546 g/mol. The summed E-state index contributed by atoms with van der Waals surface area (Å²) in [7, 11) is -11.4. The minimum Gasteiger partial charge on any atom is -0.756 e. The molecule has 1 aromatic rings. The monoisotopic (exact) mass is 546 g/mol. The summed E-state index contributed by atoms with van der Waals surface area (Å²) in [6.07, 6.45) is -11.5. The van der Waals surface area contributed by atoms with Crippen LogP contribution >= 0.6 is 15.6 Å². The molecule has 19 heteroatoms. The van der Waals surface area contributed by atoms with Gasteiger partial charge in [-0.25, -0.2) is 9.11 Å². The van der Waals surface area contributed by atoms with Gasteiger partial charge in [0.25, 0.3) is 21.2 Å². The Hall–Kier alpha value is -1.30. The maximum atomic E-state index is 12.0. The molecule has 3 rings (SSSR count). The smallest absolute Gasteiger partial charge is 0.330 e. The quantitative estimate of drug-likeness (QED) is 0.197. The van der Waals surface area contributed by atoms with Crippen LogP contribution < -0.4 is 21.0 Å². The summed E-state index contributed by atoms with van der Waals surface area (Å²) >= 11 is 0. The summed E-state index contributed by atoms with van der Waals surface area (Å²) in [5, 5.41) is 39.2. The van der Waals surface area contributed by atoms with Crippen LogP contribution in [0, 0.1) is 6.92 Å². The lowest BCUT2D eigenvalue weighted by molar-refractivity contribution is -0.299. The van der Waals surface area contributed by atoms with E-state index >= 15 is 0 Å². The van der Waals surface area contributed by atoms with E-state index in [1.54, 1.807) is 0 Å². The van der Waals surface area contributed by atoms with Gasteiger partial charge in [-0.05, 0) is 13.8 Å². The number of phosphoric ester groups is 2. The Morgan fingerprint density at radius 3 is 2.43 bits per heavy atom. The van der Waals surface area contributed by atoms with Crippen molar-refractivity contribution >= 4 is 15.6 Å². The van der Waals surface area contributed by atoms with Crippen LogP contribution in [0.4, 0.5) is 0 Å². The molecule has 0 aliphatic carbocycles. The molecular weight excluding hydrogens is 522 g/mol. The number of aromatic amines is 1. The van der Waals surface area contributed by atoms with Crippen LogP contribution in [0.25, 0.3) is 0 Å². The highest BCUT2D eigenvalue weighted by atomic mass is 31.3. The Bertz CT molecular complexity index is 1120. The third-order valence-corrected chi connectivity index (χ3v) is 7.83. The number of aliphatic hydroxyl groups is 4. The summed E-state index contributed by atoms with van der Waals surface area (Å²) in [5.41, 5.74) is -1.28. The fourth-order valence-electron chi connectivity index (χ4n) is 3.39. The van der Waals surface area contributed by atoms with Crippen molar-refractivity contribution in [2.75, 3.05) is 6.61 Å². The average Bonchev–Trinajstić information content (AvgIpc) is 3.11. The Balaban J connectivity index is 1.59. The van der Waals surface area contributed by atoms with E-state index in [0.717, 1.165) is 4.57 Å². The van der Waals surface area contributed by atoms with Gasteiger partial charge in [0.15, 0.2) is 6.29 Å². The molecule has 2 aliphatic rings. The van der Waals surface area contributed by atoms with Gasteiger partial charge in [0.05, 0.1) is 18.8 Å². The highest BCUT2D eigenvalue weighted by Crippen LogP contribution is 2.57. The van der Waals surface area contributed by atoms with Crippen molar-refractivity contribution in [1.82, 2.24) is 9.55 Å². The van der Waals surface area contributed by atoms with Crippen molar-refractivity contribution in [2.45, 2.75) is 69.4 Å². The molecule has 2 aliphatic heterocycles. The fraction of sp³-hybridized carbons (Fsp3) is 0.750. The topological polar surface area (TPSA) is 262 Å². The SMILES string of the molecule is Cc1cn([C@H]2C[C@H](O)[C@@H](COP(=O)([O-])OP(=O)([O-])O[C@H]3O[C@@H](C)[C@@H](O)[C@@H](O)[C@H]3O)O2)c(=O)[nH]c1=O. The second-order valence-corrected chi connectivity index (χ2v) is 10.9. The van der Waals surface area contributed by atoms with Crippen molar-refractivity contribution in [2.24, 2.45) is 0 Å². The molecule has 0 bridgehead atoms. The van der Waals surface area contributed by atoms with Crippen LogP contribution in [-0.2, 0) is 32.0 Å². The van der Waals surface area contributed by atoms with Gasteiger partial charge in [-0.15, -0.1) is 0 Å². The molecule has 0 spiro atoms. The Labute approximate surface area is 196 Å². The standard InChI is InChI=1S/C16H26N2O15P2/c1-6-4-18(16(24)17-14(6)23)10-3-8(19)9(31-10)5-29-34(25,26)33-35(27,28)32-15-13(22)12(21)11(20)7(2)30-15/h4,7-13,15,19-22H,3,5H2,1-2H3,(H,25,26)(H,27,28)(H,17,23,24)/p-2/t7-,8-,9+,10+,11+,12+,13+,15+/m0/s1. The van der Waals surface area contributed by atoms with Crippen LogP contribution in [-0.4, -0.2) is 79.5 Å². The van der Waals surface area contributed by atoms with E-state index in [2.05, 4.69) is 13.4 Å². The molecule has 3 heterocycles. The third-order valence-electron chi connectivity index (χ3n) is 5.30. The predicted octanol–water partition coefficient (Wildman–Crippen LogP) is -3.69. The van der Waals surface area contributed by atoms with Crippen molar-refractivity contribution in [3.05, 3.63) is 32.6 Å². The summed E-state index contributed by atoms with van der Waals surface area (Å²) in [4.78, 5) is 49.5. The molecule has 0 radical (unpaired) electrons. The molecule has 2 saturated heterocycles. The number of aliphatic hydroxyl groups excluding tert-OH is 4. The molecule has 17 nitrogen and oxygen atoms in total. The van der Waals surface area contributed by atoms with Crippen LogP contribution in [0.2, 0.25) is 0 Å². The first kappa shape index (κ1) is 28.3. The van der Waals surface area contributed by atoms with Crippen molar-refractivity contribution in [3.8, 4) is 0 Å². The maximum absolute atomic E-state index is 12.0. The molecule has 10 atom stereocenters. The Kier molecular flexibility index (Phi) is 8.56. The first-order valence-electron chi connectivity index (χ1n) is 10.1. The first-order valence-corrected chi connectivity index (χ1v) is 13.0. The molecule has 0 amide bonds. The minimum atomic E-state index is -5.76. The van der Waals surface area contributed by atoms with E-state index in [1.165, 1.54) is 20.0 Å². The number of nitrogens with zero attached hydrogens (tertiary/aromatic N) is 1. The second-order valence-electron chi connectivity index (χ2n) is 7.97. The van der Waals surface area contributed by atoms with E-state index in [9.17, 15) is 48.9 Å². The zero-order valence-electron chi connectivity index (χ0n) is 18.2. The summed E-state index contributed by atoms with van der Waals surface area (Å²) in [6, 6.07) is 0. The molecule has 2 fully saturated rings. The molecule has 0 saturated carbocycles. The van der Waals surface area contributed by atoms with Crippen LogP contribution in [0.15, 0.2) is 15.8 Å². The lowest BCUT2D eigenvalue weighted by Gasteiger charge is -2.41. The minimum absolute atomic E-state index is 0.175. The highest BCUT2D eigenvalue weighted by molar-refractivity contribution is 7.59. The molecular formula is C16H24N2O15P2-2. The normalized spacial score (nSPS) is 37.0. The third kappa shape index (κ3) is 6.72. The summed E-state index contributed by atoms with van der Waals surface area (Å²) < 4.78 is 48.0. The molecule has 2 unspecified atom stereocenters. The van der Waals surface area contributed by atoms with Crippen molar-refractivity contribution in [3.63, 3.8) is 0 Å². The van der Waals surface area contributed by atoms with E-state index < -0.39 is 82.6 Å². The predicted molar refractivity (Wildman–Crippen MR) is 106 cm³/mol. The number of H-pyrrole nitrogens is 1. The van der Waals surface area contributed by atoms with Gasteiger partial charge < -0.3 is 44.2 Å². The molecule has 1 aromatic heterocycles. The maximum Gasteiger partial charge on any atom is 0.330 e. The van der Waals surface area contributed by atoms with Gasteiger partial charge in [0.2, 0.25) is 0 Å². The van der Waals surface area contributed by atoms with Gasteiger partial charge in [-0.1, -0.05) is 0 Å². The second kappa shape index (κ2) is 10.6. The number of hydrogen-bond donors (Lipinski definition) is 5. The van der Waals surface area contributed by atoms with Gasteiger partial charge in [0, 0.05) is 18.2 Å². The lowest BCUT2D eigenvalue weighted by atomic mass is 10.0. The number of rotatable bonds is 8.